The number of aromatic nitrogens is 4. The van der Waals surface area contributed by atoms with E-state index in [4.69, 9.17) is 4.74 Å². The van der Waals surface area contributed by atoms with Crippen LogP contribution >= 0.6 is 0 Å². The summed E-state index contributed by atoms with van der Waals surface area (Å²) in [6, 6.07) is 7.10. The van der Waals surface area contributed by atoms with Gasteiger partial charge in [0, 0.05) is 37.9 Å². The summed E-state index contributed by atoms with van der Waals surface area (Å²) in [5.41, 5.74) is 2.84. The first-order valence-electron chi connectivity index (χ1n) is 10.0. The number of hydrogen-bond donors (Lipinski definition) is 0. The van der Waals surface area contributed by atoms with E-state index in [0.717, 1.165) is 28.6 Å². The summed E-state index contributed by atoms with van der Waals surface area (Å²) in [5, 5.41) is 0. The van der Waals surface area contributed by atoms with Crippen molar-refractivity contribution < 1.29 is 13.2 Å². The molecule has 1 aliphatic heterocycles. The summed E-state index contributed by atoms with van der Waals surface area (Å²) >= 11 is 0. The van der Waals surface area contributed by atoms with E-state index < -0.39 is 10.0 Å². The molecule has 0 saturated carbocycles. The Bertz CT molecular complexity index is 1200. The molecule has 2 aromatic heterocycles. The second kappa shape index (κ2) is 8.27. The SMILES string of the molecule is COc1ccc(C)cc1S(=O)(=O)N1CCN(c2cc(-n3cnc(C)c3C)ncn2)CC1. The van der Waals surface area contributed by atoms with E-state index in [-0.39, 0.29) is 4.90 Å². The first-order chi connectivity index (χ1) is 14.8. The number of anilines is 1. The lowest BCUT2D eigenvalue weighted by molar-refractivity contribution is 0.373. The van der Waals surface area contributed by atoms with Gasteiger partial charge in [-0.15, -0.1) is 0 Å². The van der Waals surface area contributed by atoms with Gasteiger partial charge in [-0.1, -0.05) is 6.07 Å². The molecule has 9 nitrogen and oxygen atoms in total. The Hall–Kier alpha value is -2.98. The average Bonchev–Trinajstić information content (AvgIpc) is 3.12. The quantitative estimate of drug-likeness (QED) is 0.597. The number of aryl methyl sites for hydroxylation is 2. The number of benzene rings is 1. The fraction of sp³-hybridized carbons (Fsp3) is 0.381. The molecule has 0 N–H and O–H groups in total. The maximum Gasteiger partial charge on any atom is 0.246 e. The van der Waals surface area contributed by atoms with Crippen LogP contribution in [0.25, 0.3) is 5.82 Å². The second-order valence-electron chi connectivity index (χ2n) is 7.57. The van der Waals surface area contributed by atoms with E-state index in [1.165, 1.54) is 17.7 Å². The Labute approximate surface area is 182 Å². The molecule has 164 valence electrons. The predicted octanol–water partition coefficient (Wildman–Crippen LogP) is 2.11. The van der Waals surface area contributed by atoms with Crippen LogP contribution in [0.3, 0.4) is 0 Å². The molecule has 0 atom stereocenters. The third-order valence-electron chi connectivity index (χ3n) is 5.64. The number of piperazine rings is 1. The molecule has 0 unspecified atom stereocenters. The summed E-state index contributed by atoms with van der Waals surface area (Å²) in [5.74, 6) is 1.86. The zero-order valence-electron chi connectivity index (χ0n) is 18.1. The maximum absolute atomic E-state index is 13.2. The average molecular weight is 443 g/mol. The van der Waals surface area contributed by atoms with Gasteiger partial charge in [-0.2, -0.15) is 4.31 Å². The highest BCUT2D eigenvalue weighted by atomic mass is 32.2. The van der Waals surface area contributed by atoms with Crippen molar-refractivity contribution in [3.05, 3.63) is 53.9 Å². The number of methoxy groups -OCH3 is 1. The number of rotatable bonds is 5. The van der Waals surface area contributed by atoms with Crippen LogP contribution in [0.5, 0.6) is 5.75 Å². The van der Waals surface area contributed by atoms with Crippen LogP contribution in [-0.4, -0.2) is 65.5 Å². The standard InChI is InChI=1S/C21H26N6O3S/c1-15-5-6-18(30-4)19(11-15)31(28,29)26-9-7-25(8-10-26)20-12-21(23-13-22-20)27-14-24-16(2)17(27)3/h5-6,11-14H,7-10H2,1-4H3. The van der Waals surface area contributed by atoms with Crippen LogP contribution in [0.1, 0.15) is 17.0 Å². The van der Waals surface area contributed by atoms with E-state index in [2.05, 4.69) is 19.9 Å². The molecule has 1 aliphatic rings. The molecule has 0 radical (unpaired) electrons. The highest BCUT2D eigenvalue weighted by molar-refractivity contribution is 7.89. The number of sulfonamides is 1. The van der Waals surface area contributed by atoms with Crippen molar-refractivity contribution in [2.75, 3.05) is 38.2 Å². The van der Waals surface area contributed by atoms with Gasteiger partial charge in [0.2, 0.25) is 10.0 Å². The molecule has 4 rings (SSSR count). The number of imidazole rings is 1. The molecule has 31 heavy (non-hydrogen) atoms. The van der Waals surface area contributed by atoms with Gasteiger partial charge in [-0.05, 0) is 38.5 Å². The summed E-state index contributed by atoms with van der Waals surface area (Å²) in [7, 11) is -2.17. The Balaban J connectivity index is 1.52. The first-order valence-corrected chi connectivity index (χ1v) is 11.5. The smallest absolute Gasteiger partial charge is 0.246 e. The lowest BCUT2D eigenvalue weighted by atomic mass is 10.2. The summed E-state index contributed by atoms with van der Waals surface area (Å²) in [4.78, 5) is 15.4. The molecule has 1 saturated heterocycles. The van der Waals surface area contributed by atoms with E-state index in [0.29, 0.717) is 31.9 Å². The molecule has 0 spiro atoms. The van der Waals surface area contributed by atoms with Crippen LogP contribution in [0, 0.1) is 20.8 Å². The monoisotopic (exact) mass is 442 g/mol. The molecular weight excluding hydrogens is 416 g/mol. The van der Waals surface area contributed by atoms with E-state index in [1.54, 1.807) is 18.5 Å². The molecule has 10 heteroatoms. The molecule has 0 aliphatic carbocycles. The third-order valence-corrected chi connectivity index (χ3v) is 7.56. The summed E-state index contributed by atoms with van der Waals surface area (Å²) in [6.45, 7) is 7.61. The van der Waals surface area contributed by atoms with Crippen molar-refractivity contribution in [3.63, 3.8) is 0 Å². The van der Waals surface area contributed by atoms with Gasteiger partial charge in [0.15, 0.2) is 0 Å². The Morgan fingerprint density at radius 1 is 0.935 bits per heavy atom. The van der Waals surface area contributed by atoms with Crippen LogP contribution in [0.15, 0.2) is 41.8 Å². The molecular formula is C21H26N6O3S. The largest absolute Gasteiger partial charge is 0.495 e. The first kappa shape index (κ1) is 21.3. The Morgan fingerprint density at radius 3 is 2.29 bits per heavy atom. The van der Waals surface area contributed by atoms with E-state index in [9.17, 15) is 8.42 Å². The minimum Gasteiger partial charge on any atom is -0.495 e. The fourth-order valence-corrected chi connectivity index (χ4v) is 5.32. The molecule has 1 fully saturated rings. The molecule has 3 aromatic rings. The minimum atomic E-state index is -3.65. The van der Waals surface area contributed by atoms with Crippen molar-refractivity contribution in [2.45, 2.75) is 25.7 Å². The van der Waals surface area contributed by atoms with Crippen LogP contribution < -0.4 is 9.64 Å². The highest BCUT2D eigenvalue weighted by Crippen LogP contribution is 2.29. The van der Waals surface area contributed by atoms with Gasteiger partial charge in [-0.25, -0.2) is 23.4 Å². The van der Waals surface area contributed by atoms with Crippen molar-refractivity contribution in [1.29, 1.82) is 0 Å². The van der Waals surface area contributed by atoms with Crippen molar-refractivity contribution in [2.24, 2.45) is 0 Å². The van der Waals surface area contributed by atoms with Crippen LogP contribution in [0.2, 0.25) is 0 Å². The van der Waals surface area contributed by atoms with Gasteiger partial charge in [-0.3, -0.25) is 4.57 Å². The maximum atomic E-state index is 13.2. The zero-order valence-corrected chi connectivity index (χ0v) is 18.9. The van der Waals surface area contributed by atoms with Crippen molar-refractivity contribution >= 4 is 15.8 Å². The number of hydrogen-bond acceptors (Lipinski definition) is 7. The molecule has 3 heterocycles. The van der Waals surface area contributed by atoms with Crippen LogP contribution in [0.4, 0.5) is 5.82 Å². The Kier molecular flexibility index (Phi) is 5.67. The summed E-state index contributed by atoms with van der Waals surface area (Å²) in [6.07, 6.45) is 3.27. The lowest BCUT2D eigenvalue weighted by Gasteiger charge is -2.34. The van der Waals surface area contributed by atoms with E-state index in [1.807, 2.05) is 37.5 Å². The normalized spacial score (nSPS) is 15.3. The van der Waals surface area contributed by atoms with Gasteiger partial charge < -0.3 is 9.64 Å². The van der Waals surface area contributed by atoms with Crippen molar-refractivity contribution in [1.82, 2.24) is 23.8 Å². The highest BCUT2D eigenvalue weighted by Gasteiger charge is 2.31. The van der Waals surface area contributed by atoms with Gasteiger partial charge in [0.25, 0.3) is 0 Å². The van der Waals surface area contributed by atoms with Gasteiger partial charge in [0.1, 0.15) is 34.9 Å². The van der Waals surface area contributed by atoms with Crippen molar-refractivity contribution in [3.8, 4) is 11.6 Å². The predicted molar refractivity (Wildman–Crippen MR) is 117 cm³/mol. The molecule has 0 amide bonds. The fourth-order valence-electron chi connectivity index (χ4n) is 3.65. The minimum absolute atomic E-state index is 0.207. The molecule has 0 bridgehead atoms. The number of nitrogens with zero attached hydrogens (tertiary/aromatic N) is 6. The Morgan fingerprint density at radius 2 is 1.65 bits per heavy atom. The van der Waals surface area contributed by atoms with Gasteiger partial charge >= 0.3 is 0 Å². The molecule has 1 aromatic carbocycles. The number of ether oxygens (including phenoxy) is 1. The third kappa shape index (κ3) is 4.00. The topological polar surface area (TPSA) is 93.5 Å². The lowest BCUT2D eigenvalue weighted by Crippen LogP contribution is -2.49. The summed E-state index contributed by atoms with van der Waals surface area (Å²) < 4.78 is 35.2. The van der Waals surface area contributed by atoms with Gasteiger partial charge in [0.05, 0.1) is 12.8 Å². The zero-order chi connectivity index (χ0) is 22.2. The van der Waals surface area contributed by atoms with E-state index >= 15 is 0 Å². The second-order valence-corrected chi connectivity index (χ2v) is 9.47. The van der Waals surface area contributed by atoms with Crippen LogP contribution in [-0.2, 0) is 10.0 Å².